The third kappa shape index (κ3) is 3.34. The molecule has 0 spiro atoms. The van der Waals surface area contributed by atoms with E-state index >= 15 is 0 Å². The molecule has 5 nitrogen and oxygen atoms in total. The monoisotopic (exact) mass is 422 g/mol. The Morgan fingerprint density at radius 3 is 2.25 bits per heavy atom. The lowest BCUT2D eigenvalue weighted by molar-refractivity contribution is 0.0978. The van der Waals surface area contributed by atoms with Gasteiger partial charge >= 0.3 is 0 Å². The number of rotatable bonds is 3. The molecule has 0 unspecified atom stereocenters. The Labute approximate surface area is 173 Å². The number of amidine groups is 1. The molecule has 0 atom stereocenters. The summed E-state index contributed by atoms with van der Waals surface area (Å²) in [6, 6.07) is 13.6. The standard InChI is InChI=1S/C20H14N4OS3/c25-19(24-20-21-7-10-28-20)12-5-6-13-14(11-12)23-18(16-4-2-9-27-16)17(22-13)15-3-1-8-26-15/h1-6,8-9,11H,7,10H2,(H,21,24,25). The number of aliphatic imine (C=N–C) groups is 1. The zero-order valence-electron chi connectivity index (χ0n) is 14.6. The van der Waals surface area contributed by atoms with Crippen LogP contribution in [0.1, 0.15) is 10.4 Å². The zero-order valence-corrected chi connectivity index (χ0v) is 17.0. The topological polar surface area (TPSA) is 67.2 Å². The van der Waals surface area contributed by atoms with Gasteiger partial charge in [-0.15, -0.1) is 22.7 Å². The van der Waals surface area contributed by atoms with Crippen LogP contribution in [0.5, 0.6) is 0 Å². The Kier molecular flexibility index (Phi) is 4.67. The first-order valence-electron chi connectivity index (χ1n) is 8.66. The van der Waals surface area contributed by atoms with Crippen LogP contribution in [0.3, 0.4) is 0 Å². The van der Waals surface area contributed by atoms with Crippen LogP contribution >= 0.6 is 34.4 Å². The lowest BCUT2D eigenvalue weighted by atomic mass is 10.1. The van der Waals surface area contributed by atoms with E-state index in [2.05, 4.69) is 16.4 Å². The second-order valence-electron chi connectivity index (χ2n) is 6.07. The van der Waals surface area contributed by atoms with Gasteiger partial charge in [0.15, 0.2) is 5.17 Å². The molecule has 1 aliphatic rings. The molecule has 3 aromatic heterocycles. The van der Waals surface area contributed by atoms with Crippen molar-refractivity contribution < 1.29 is 4.79 Å². The number of nitrogens with zero attached hydrogens (tertiary/aromatic N) is 3. The van der Waals surface area contributed by atoms with Crippen LogP contribution in [0.2, 0.25) is 0 Å². The quantitative estimate of drug-likeness (QED) is 0.509. The molecule has 1 N–H and O–H groups in total. The highest BCUT2D eigenvalue weighted by Crippen LogP contribution is 2.35. The number of aromatic nitrogens is 2. The summed E-state index contributed by atoms with van der Waals surface area (Å²) in [6.45, 7) is 0.749. The van der Waals surface area contributed by atoms with Crippen LogP contribution in [0.4, 0.5) is 0 Å². The van der Waals surface area contributed by atoms with Crippen LogP contribution in [0.25, 0.3) is 32.2 Å². The molecule has 138 valence electrons. The minimum Gasteiger partial charge on any atom is -0.301 e. The average Bonchev–Trinajstić information content (AvgIpc) is 3.50. The minimum atomic E-state index is -0.170. The minimum absolute atomic E-state index is 0.170. The molecule has 0 bridgehead atoms. The van der Waals surface area contributed by atoms with E-state index in [4.69, 9.17) is 9.97 Å². The van der Waals surface area contributed by atoms with Crippen molar-refractivity contribution in [1.29, 1.82) is 0 Å². The molecule has 4 heterocycles. The van der Waals surface area contributed by atoms with E-state index in [-0.39, 0.29) is 5.91 Å². The van der Waals surface area contributed by atoms with Crippen LogP contribution in [0.15, 0.2) is 58.2 Å². The average molecular weight is 423 g/mol. The summed E-state index contributed by atoms with van der Waals surface area (Å²) in [5, 5.41) is 7.62. The molecule has 1 aliphatic heterocycles. The van der Waals surface area contributed by atoms with Crippen LogP contribution in [-0.4, -0.2) is 33.3 Å². The number of hydrogen-bond acceptors (Lipinski definition) is 7. The highest BCUT2D eigenvalue weighted by Gasteiger charge is 2.17. The van der Waals surface area contributed by atoms with Gasteiger partial charge in [0.1, 0.15) is 11.4 Å². The molecule has 0 radical (unpaired) electrons. The number of hydrogen-bond donors (Lipinski definition) is 1. The van der Waals surface area contributed by atoms with E-state index < -0.39 is 0 Å². The fraction of sp³-hybridized carbons (Fsp3) is 0.100. The fourth-order valence-corrected chi connectivity index (χ4v) is 5.10. The predicted octanol–water partition coefficient (Wildman–Crippen LogP) is 4.92. The largest absolute Gasteiger partial charge is 0.301 e. The van der Waals surface area contributed by atoms with Crippen molar-refractivity contribution >= 4 is 56.5 Å². The normalized spacial score (nSPS) is 13.6. The van der Waals surface area contributed by atoms with E-state index in [1.165, 1.54) is 0 Å². The van der Waals surface area contributed by atoms with Gasteiger partial charge in [-0.05, 0) is 41.1 Å². The number of carbonyl (C=O) groups is 1. The Balaban J connectivity index is 1.59. The van der Waals surface area contributed by atoms with Crippen molar-refractivity contribution in [3.63, 3.8) is 0 Å². The third-order valence-electron chi connectivity index (χ3n) is 4.24. The predicted molar refractivity (Wildman–Crippen MR) is 118 cm³/mol. The molecule has 1 amide bonds. The maximum absolute atomic E-state index is 12.6. The number of benzene rings is 1. The van der Waals surface area contributed by atoms with Gasteiger partial charge < -0.3 is 5.32 Å². The van der Waals surface area contributed by atoms with Crippen molar-refractivity contribution in [2.24, 2.45) is 4.99 Å². The maximum Gasteiger partial charge on any atom is 0.257 e. The summed E-state index contributed by atoms with van der Waals surface area (Å²) in [4.78, 5) is 28.7. The van der Waals surface area contributed by atoms with Gasteiger partial charge in [0, 0.05) is 11.3 Å². The fourth-order valence-electron chi connectivity index (χ4n) is 2.95. The van der Waals surface area contributed by atoms with Crippen molar-refractivity contribution in [1.82, 2.24) is 15.3 Å². The Hall–Kier alpha value is -2.55. The van der Waals surface area contributed by atoms with Crippen LogP contribution < -0.4 is 5.32 Å². The Morgan fingerprint density at radius 1 is 0.929 bits per heavy atom. The molecule has 0 fully saturated rings. The SMILES string of the molecule is O=C(NC1=NCCS1)c1ccc2nc(-c3cccs3)c(-c3cccs3)nc2c1. The zero-order chi connectivity index (χ0) is 18.9. The number of fused-ring (bicyclic) bond motifs is 1. The van der Waals surface area contributed by atoms with Gasteiger partial charge in [0.05, 0.1) is 27.3 Å². The third-order valence-corrected chi connectivity index (χ3v) is 6.89. The lowest BCUT2D eigenvalue weighted by Gasteiger charge is -2.09. The van der Waals surface area contributed by atoms with Crippen LogP contribution in [0, 0.1) is 0 Å². The van der Waals surface area contributed by atoms with Crippen LogP contribution in [-0.2, 0) is 0 Å². The summed E-state index contributed by atoms with van der Waals surface area (Å²) >= 11 is 4.84. The molecule has 0 saturated heterocycles. The highest BCUT2D eigenvalue weighted by molar-refractivity contribution is 8.14. The van der Waals surface area contributed by atoms with Crippen molar-refractivity contribution in [2.45, 2.75) is 0 Å². The molecule has 1 aromatic carbocycles. The second-order valence-corrected chi connectivity index (χ2v) is 9.05. The first-order chi connectivity index (χ1) is 13.8. The van der Waals surface area contributed by atoms with Gasteiger partial charge in [-0.25, -0.2) is 9.97 Å². The van der Waals surface area contributed by atoms with E-state index in [1.54, 1.807) is 46.6 Å². The van der Waals surface area contributed by atoms with Gasteiger partial charge in [-0.2, -0.15) is 0 Å². The summed E-state index contributed by atoms with van der Waals surface area (Å²) in [6.07, 6.45) is 0. The molecule has 8 heteroatoms. The summed E-state index contributed by atoms with van der Waals surface area (Å²) in [5.41, 5.74) is 3.75. The van der Waals surface area contributed by atoms with Gasteiger partial charge in [0.25, 0.3) is 5.91 Å². The molecule has 0 saturated carbocycles. The number of amides is 1. The number of thioether (sulfide) groups is 1. The Morgan fingerprint density at radius 2 is 1.64 bits per heavy atom. The first kappa shape index (κ1) is 17.5. The van der Waals surface area contributed by atoms with Crippen molar-refractivity contribution in [2.75, 3.05) is 12.3 Å². The van der Waals surface area contributed by atoms with E-state index in [0.29, 0.717) is 16.2 Å². The maximum atomic E-state index is 12.6. The lowest BCUT2D eigenvalue weighted by Crippen LogP contribution is -2.27. The first-order valence-corrected chi connectivity index (χ1v) is 11.4. The molecule has 0 aliphatic carbocycles. The Bertz CT molecular complexity index is 1180. The second kappa shape index (κ2) is 7.46. The summed E-state index contributed by atoms with van der Waals surface area (Å²) in [7, 11) is 0. The molecular formula is C20H14N4OS3. The van der Waals surface area contributed by atoms with E-state index in [0.717, 1.165) is 39.0 Å². The van der Waals surface area contributed by atoms with E-state index in [1.807, 2.05) is 35.0 Å². The number of carbonyl (C=O) groups excluding carboxylic acids is 1. The van der Waals surface area contributed by atoms with Crippen molar-refractivity contribution in [3.05, 3.63) is 58.8 Å². The molecule has 5 rings (SSSR count). The van der Waals surface area contributed by atoms with E-state index in [9.17, 15) is 4.79 Å². The van der Waals surface area contributed by atoms with Crippen molar-refractivity contribution in [3.8, 4) is 21.1 Å². The number of nitrogens with one attached hydrogen (secondary N) is 1. The molecule has 28 heavy (non-hydrogen) atoms. The summed E-state index contributed by atoms with van der Waals surface area (Å²) < 4.78 is 0. The highest BCUT2D eigenvalue weighted by atomic mass is 32.2. The van der Waals surface area contributed by atoms with Gasteiger partial charge in [-0.1, -0.05) is 23.9 Å². The smallest absolute Gasteiger partial charge is 0.257 e. The van der Waals surface area contributed by atoms with Gasteiger partial charge in [0.2, 0.25) is 0 Å². The number of thiophene rings is 2. The van der Waals surface area contributed by atoms with Gasteiger partial charge in [-0.3, -0.25) is 9.79 Å². The molecule has 4 aromatic rings. The molecular weight excluding hydrogens is 408 g/mol. The summed E-state index contributed by atoms with van der Waals surface area (Å²) in [5.74, 6) is 0.742.